The average Bonchev–Trinajstić information content (AvgIpc) is 3.05. The van der Waals surface area contributed by atoms with Gasteiger partial charge in [0.05, 0.1) is 0 Å². The molecule has 2 aliphatic rings. The van der Waals surface area contributed by atoms with Crippen LogP contribution in [0.4, 0.5) is 0 Å². The zero-order valence-corrected chi connectivity index (χ0v) is 11.2. The highest BCUT2D eigenvalue weighted by molar-refractivity contribution is 5.33. The summed E-state index contributed by atoms with van der Waals surface area (Å²) >= 11 is 0. The first-order valence-electron chi connectivity index (χ1n) is 6.92. The number of benzene rings is 1. The van der Waals surface area contributed by atoms with Gasteiger partial charge in [-0.1, -0.05) is 30.3 Å². The fraction of sp³-hybridized carbons (Fsp3) is 0.600. The normalized spacial score (nSPS) is 33.6. The van der Waals surface area contributed by atoms with Crippen LogP contribution in [0.3, 0.4) is 0 Å². The molecule has 1 aliphatic carbocycles. The maximum Gasteiger partial charge on any atom is 0.0360 e. The summed E-state index contributed by atoms with van der Waals surface area (Å²) in [5.41, 5.74) is 7.97. The molecule has 0 aromatic heterocycles. The summed E-state index contributed by atoms with van der Waals surface area (Å²) in [6.45, 7) is 5.73. The second-order valence-electron chi connectivity index (χ2n) is 5.98. The molecule has 0 spiro atoms. The smallest absolute Gasteiger partial charge is 0.0360 e. The van der Waals surface area contributed by atoms with Crippen LogP contribution in [0.25, 0.3) is 0 Å². The SMILES string of the molecule is CN1CCN(C[C@@]2(N)C[C@@H]2c2ccccc2)CC1. The van der Waals surface area contributed by atoms with Gasteiger partial charge >= 0.3 is 0 Å². The standard InChI is InChI=1S/C15H23N3/c1-17-7-9-18(10-8-17)12-15(16)11-14(15)13-5-3-2-4-6-13/h2-6,14H,7-12,16H2,1H3/t14-,15+/m1/s1. The zero-order valence-electron chi connectivity index (χ0n) is 11.2. The Morgan fingerprint density at radius 3 is 2.50 bits per heavy atom. The number of nitrogens with zero attached hydrogens (tertiary/aromatic N) is 2. The van der Waals surface area contributed by atoms with Gasteiger partial charge in [0.2, 0.25) is 0 Å². The van der Waals surface area contributed by atoms with Crippen molar-refractivity contribution >= 4 is 0 Å². The Bertz CT molecular complexity index is 397. The minimum Gasteiger partial charge on any atom is -0.323 e. The molecule has 2 N–H and O–H groups in total. The number of likely N-dealkylation sites (N-methyl/N-ethyl adjacent to an activating group) is 1. The van der Waals surface area contributed by atoms with Gasteiger partial charge in [-0.25, -0.2) is 0 Å². The van der Waals surface area contributed by atoms with E-state index >= 15 is 0 Å². The largest absolute Gasteiger partial charge is 0.323 e. The van der Waals surface area contributed by atoms with Crippen LogP contribution in [-0.2, 0) is 0 Å². The Balaban J connectivity index is 1.58. The maximum absolute atomic E-state index is 6.53. The molecule has 2 fully saturated rings. The second kappa shape index (κ2) is 4.65. The Kier molecular flexibility index (Phi) is 3.14. The molecule has 3 heteroatoms. The van der Waals surface area contributed by atoms with Gasteiger partial charge in [0.1, 0.15) is 0 Å². The van der Waals surface area contributed by atoms with Crippen LogP contribution >= 0.6 is 0 Å². The molecule has 3 nitrogen and oxygen atoms in total. The van der Waals surface area contributed by atoms with Crippen LogP contribution < -0.4 is 5.73 Å². The highest BCUT2D eigenvalue weighted by Gasteiger charge is 2.52. The van der Waals surface area contributed by atoms with Crippen molar-refractivity contribution in [1.29, 1.82) is 0 Å². The fourth-order valence-corrected chi connectivity index (χ4v) is 3.05. The molecular weight excluding hydrogens is 222 g/mol. The fourth-order valence-electron chi connectivity index (χ4n) is 3.05. The van der Waals surface area contributed by atoms with Crippen molar-refractivity contribution in [2.24, 2.45) is 5.73 Å². The van der Waals surface area contributed by atoms with Crippen LogP contribution in [0, 0.1) is 0 Å². The van der Waals surface area contributed by atoms with Crippen LogP contribution in [0.2, 0.25) is 0 Å². The van der Waals surface area contributed by atoms with E-state index in [1.54, 1.807) is 0 Å². The van der Waals surface area contributed by atoms with E-state index in [9.17, 15) is 0 Å². The van der Waals surface area contributed by atoms with Crippen LogP contribution in [0.15, 0.2) is 30.3 Å². The molecule has 2 atom stereocenters. The molecular formula is C15H23N3. The van der Waals surface area contributed by atoms with Gasteiger partial charge in [-0.15, -0.1) is 0 Å². The minimum absolute atomic E-state index is 0.0251. The third kappa shape index (κ3) is 2.44. The first-order valence-corrected chi connectivity index (χ1v) is 6.92. The van der Waals surface area contributed by atoms with E-state index in [0.717, 1.165) is 26.1 Å². The van der Waals surface area contributed by atoms with E-state index < -0.39 is 0 Å². The molecule has 18 heavy (non-hydrogen) atoms. The van der Waals surface area contributed by atoms with Crippen LogP contribution in [-0.4, -0.2) is 55.1 Å². The summed E-state index contributed by atoms with van der Waals surface area (Å²) in [5, 5.41) is 0. The van der Waals surface area contributed by atoms with Gasteiger partial charge in [0, 0.05) is 44.2 Å². The molecule has 1 aromatic rings. The van der Waals surface area contributed by atoms with Gasteiger partial charge < -0.3 is 10.6 Å². The van der Waals surface area contributed by atoms with Crippen molar-refractivity contribution in [2.45, 2.75) is 17.9 Å². The lowest BCUT2D eigenvalue weighted by molar-refractivity contribution is 0.143. The monoisotopic (exact) mass is 245 g/mol. The van der Waals surface area contributed by atoms with E-state index in [0.29, 0.717) is 5.92 Å². The van der Waals surface area contributed by atoms with E-state index in [4.69, 9.17) is 5.73 Å². The Hall–Kier alpha value is -0.900. The van der Waals surface area contributed by atoms with E-state index in [-0.39, 0.29) is 5.54 Å². The summed E-state index contributed by atoms with van der Waals surface area (Å²) in [5.74, 6) is 0.568. The van der Waals surface area contributed by atoms with Gasteiger partial charge in [0.15, 0.2) is 0 Å². The highest BCUT2D eigenvalue weighted by atomic mass is 15.3. The van der Waals surface area contributed by atoms with E-state index in [2.05, 4.69) is 47.2 Å². The number of piperazine rings is 1. The van der Waals surface area contributed by atoms with Crippen molar-refractivity contribution in [2.75, 3.05) is 39.8 Å². The molecule has 3 rings (SSSR count). The molecule has 98 valence electrons. The predicted octanol–water partition coefficient (Wildman–Crippen LogP) is 1.12. The molecule has 0 bridgehead atoms. The molecule has 1 saturated carbocycles. The molecule has 0 amide bonds. The van der Waals surface area contributed by atoms with Crippen molar-refractivity contribution in [3.8, 4) is 0 Å². The van der Waals surface area contributed by atoms with Crippen molar-refractivity contribution in [3.63, 3.8) is 0 Å². The number of hydrogen-bond donors (Lipinski definition) is 1. The van der Waals surface area contributed by atoms with Crippen LogP contribution in [0.5, 0.6) is 0 Å². The quantitative estimate of drug-likeness (QED) is 0.866. The third-order valence-corrected chi connectivity index (χ3v) is 4.43. The van der Waals surface area contributed by atoms with Crippen molar-refractivity contribution in [3.05, 3.63) is 35.9 Å². The number of nitrogens with two attached hydrogens (primary N) is 1. The molecule has 1 heterocycles. The lowest BCUT2D eigenvalue weighted by atomic mass is 10.1. The summed E-state index contributed by atoms with van der Waals surface area (Å²) in [6.07, 6.45) is 1.14. The molecule has 1 saturated heterocycles. The molecule has 1 aromatic carbocycles. The number of hydrogen-bond acceptors (Lipinski definition) is 3. The van der Waals surface area contributed by atoms with Crippen molar-refractivity contribution in [1.82, 2.24) is 9.80 Å². The first kappa shape index (κ1) is 12.2. The predicted molar refractivity (Wildman–Crippen MR) is 74.7 cm³/mol. The van der Waals surface area contributed by atoms with Crippen molar-refractivity contribution < 1.29 is 0 Å². The second-order valence-corrected chi connectivity index (χ2v) is 5.98. The van der Waals surface area contributed by atoms with Gasteiger partial charge in [-0.3, -0.25) is 4.90 Å². The van der Waals surface area contributed by atoms with E-state index in [1.807, 2.05) is 0 Å². The summed E-state index contributed by atoms with van der Waals surface area (Å²) in [6, 6.07) is 10.7. The Morgan fingerprint density at radius 2 is 1.83 bits per heavy atom. The van der Waals surface area contributed by atoms with E-state index in [1.165, 1.54) is 18.7 Å². The number of rotatable bonds is 3. The molecule has 0 radical (unpaired) electrons. The zero-order chi connectivity index (χ0) is 12.6. The lowest BCUT2D eigenvalue weighted by Crippen LogP contribution is -2.49. The lowest BCUT2D eigenvalue weighted by Gasteiger charge is -2.34. The summed E-state index contributed by atoms with van der Waals surface area (Å²) < 4.78 is 0. The molecule has 0 unspecified atom stereocenters. The maximum atomic E-state index is 6.53. The average molecular weight is 245 g/mol. The van der Waals surface area contributed by atoms with Crippen LogP contribution in [0.1, 0.15) is 17.9 Å². The Morgan fingerprint density at radius 1 is 1.17 bits per heavy atom. The topological polar surface area (TPSA) is 32.5 Å². The summed E-state index contributed by atoms with van der Waals surface area (Å²) in [7, 11) is 2.19. The van der Waals surface area contributed by atoms with Gasteiger partial charge in [-0.2, -0.15) is 0 Å². The Labute approximate surface area is 110 Å². The summed E-state index contributed by atoms with van der Waals surface area (Å²) in [4.78, 5) is 4.92. The van der Waals surface area contributed by atoms with Gasteiger partial charge in [0.25, 0.3) is 0 Å². The highest BCUT2D eigenvalue weighted by Crippen LogP contribution is 2.49. The molecule has 1 aliphatic heterocycles. The third-order valence-electron chi connectivity index (χ3n) is 4.43. The first-order chi connectivity index (χ1) is 8.67. The minimum atomic E-state index is 0.0251. The van der Waals surface area contributed by atoms with Gasteiger partial charge in [-0.05, 0) is 19.0 Å².